The van der Waals surface area contributed by atoms with Gasteiger partial charge >= 0.3 is 0 Å². The average Bonchev–Trinajstić information content (AvgIpc) is 2.25. The van der Waals surface area contributed by atoms with Crippen molar-refractivity contribution in [3.8, 4) is 0 Å². The van der Waals surface area contributed by atoms with Crippen molar-refractivity contribution >= 4 is 11.8 Å². The largest absolute Gasteiger partial charge is 0.370 e. The van der Waals surface area contributed by atoms with Crippen LogP contribution in [0.5, 0.6) is 0 Å². The monoisotopic (exact) mass is 243 g/mol. The molecular formula is C12H25N3O2. The molecule has 0 aromatic carbocycles. The maximum atomic E-state index is 11.7. The van der Waals surface area contributed by atoms with Gasteiger partial charge in [-0.2, -0.15) is 0 Å². The fourth-order valence-electron chi connectivity index (χ4n) is 1.71. The zero-order valence-electron chi connectivity index (χ0n) is 10.9. The number of rotatable bonds is 9. The van der Waals surface area contributed by atoms with Gasteiger partial charge in [0.25, 0.3) is 0 Å². The van der Waals surface area contributed by atoms with Crippen LogP contribution in [-0.2, 0) is 9.59 Å². The van der Waals surface area contributed by atoms with Crippen LogP contribution in [0.4, 0.5) is 0 Å². The van der Waals surface area contributed by atoms with Gasteiger partial charge in [-0.25, -0.2) is 0 Å². The second-order valence-corrected chi connectivity index (χ2v) is 4.41. The number of primary amides is 1. The van der Waals surface area contributed by atoms with Crippen molar-refractivity contribution in [2.75, 3.05) is 0 Å². The topological polar surface area (TPSA) is 98.2 Å². The van der Waals surface area contributed by atoms with Gasteiger partial charge < -0.3 is 16.8 Å². The zero-order valence-corrected chi connectivity index (χ0v) is 10.9. The van der Waals surface area contributed by atoms with E-state index in [0.717, 1.165) is 32.1 Å². The first-order valence-electron chi connectivity index (χ1n) is 6.35. The molecule has 0 spiro atoms. The molecule has 5 nitrogen and oxygen atoms in total. The quantitative estimate of drug-likeness (QED) is 0.555. The third-order valence-electron chi connectivity index (χ3n) is 2.65. The standard InChI is InChI=1S/C12H25N3O2/c1-3-5-7-9(6-4-2)15-12(17)10(13)8-11(14)16/h9-10H,3-8,13H2,1-2H3,(H2,14,16)(H,15,17). The fourth-order valence-corrected chi connectivity index (χ4v) is 1.71. The van der Waals surface area contributed by atoms with Crippen LogP contribution in [0.15, 0.2) is 0 Å². The Labute approximate surface area is 103 Å². The number of hydrogen-bond donors (Lipinski definition) is 3. The molecule has 0 saturated heterocycles. The van der Waals surface area contributed by atoms with Crippen LogP contribution in [-0.4, -0.2) is 23.9 Å². The van der Waals surface area contributed by atoms with Crippen molar-refractivity contribution in [1.82, 2.24) is 5.32 Å². The number of nitrogens with one attached hydrogen (secondary N) is 1. The summed E-state index contributed by atoms with van der Waals surface area (Å²) in [6.45, 7) is 4.19. The second kappa shape index (κ2) is 8.98. The maximum absolute atomic E-state index is 11.7. The lowest BCUT2D eigenvalue weighted by Crippen LogP contribution is -2.46. The van der Waals surface area contributed by atoms with E-state index in [0.29, 0.717) is 0 Å². The average molecular weight is 243 g/mol. The molecule has 0 saturated carbocycles. The Morgan fingerprint density at radius 2 is 1.82 bits per heavy atom. The van der Waals surface area contributed by atoms with Crippen LogP contribution >= 0.6 is 0 Å². The predicted molar refractivity (Wildman–Crippen MR) is 68.2 cm³/mol. The lowest BCUT2D eigenvalue weighted by Gasteiger charge is -2.20. The van der Waals surface area contributed by atoms with Crippen LogP contribution < -0.4 is 16.8 Å². The molecule has 17 heavy (non-hydrogen) atoms. The minimum atomic E-state index is -0.825. The van der Waals surface area contributed by atoms with E-state index in [1.165, 1.54) is 0 Å². The normalized spacial score (nSPS) is 14.1. The smallest absolute Gasteiger partial charge is 0.237 e. The molecule has 2 unspecified atom stereocenters. The summed E-state index contributed by atoms with van der Waals surface area (Å²) in [5.74, 6) is -0.827. The SMILES string of the molecule is CCCCC(CCC)NC(=O)C(N)CC(N)=O. The third-order valence-corrected chi connectivity index (χ3v) is 2.65. The van der Waals surface area contributed by atoms with E-state index in [-0.39, 0.29) is 18.4 Å². The third kappa shape index (κ3) is 7.74. The first kappa shape index (κ1) is 15.9. The number of hydrogen-bond acceptors (Lipinski definition) is 3. The fraction of sp³-hybridized carbons (Fsp3) is 0.833. The summed E-state index contributed by atoms with van der Waals surface area (Å²) >= 11 is 0. The van der Waals surface area contributed by atoms with Gasteiger partial charge in [-0.05, 0) is 12.8 Å². The number of nitrogens with two attached hydrogens (primary N) is 2. The molecule has 0 aromatic heterocycles. The Morgan fingerprint density at radius 3 is 2.29 bits per heavy atom. The molecule has 2 atom stereocenters. The molecule has 5 heteroatoms. The molecule has 0 fully saturated rings. The van der Waals surface area contributed by atoms with E-state index in [1.54, 1.807) is 0 Å². The lowest BCUT2D eigenvalue weighted by atomic mass is 10.0. The van der Waals surface area contributed by atoms with E-state index in [9.17, 15) is 9.59 Å². The minimum absolute atomic E-state index is 0.0988. The Morgan fingerprint density at radius 1 is 1.18 bits per heavy atom. The summed E-state index contributed by atoms with van der Waals surface area (Å²) in [6, 6.07) is -0.667. The summed E-state index contributed by atoms with van der Waals surface area (Å²) in [5, 5.41) is 2.89. The van der Waals surface area contributed by atoms with Gasteiger partial charge in [-0.1, -0.05) is 33.1 Å². The van der Waals surface area contributed by atoms with Gasteiger partial charge in [0.2, 0.25) is 11.8 Å². The van der Waals surface area contributed by atoms with Crippen molar-refractivity contribution in [1.29, 1.82) is 0 Å². The molecule has 0 aliphatic rings. The number of unbranched alkanes of at least 4 members (excludes halogenated alkanes) is 1. The molecule has 0 heterocycles. The highest BCUT2D eigenvalue weighted by Gasteiger charge is 2.18. The van der Waals surface area contributed by atoms with Crippen LogP contribution in [0.1, 0.15) is 52.4 Å². The van der Waals surface area contributed by atoms with Gasteiger partial charge in [-0.15, -0.1) is 0 Å². The maximum Gasteiger partial charge on any atom is 0.237 e. The Hall–Kier alpha value is -1.10. The molecular weight excluding hydrogens is 218 g/mol. The van der Waals surface area contributed by atoms with Gasteiger partial charge in [-0.3, -0.25) is 9.59 Å². The van der Waals surface area contributed by atoms with Crippen molar-refractivity contribution in [2.24, 2.45) is 11.5 Å². The second-order valence-electron chi connectivity index (χ2n) is 4.41. The highest BCUT2D eigenvalue weighted by molar-refractivity contribution is 5.87. The van der Waals surface area contributed by atoms with E-state index in [4.69, 9.17) is 11.5 Å². The molecule has 2 amide bonds. The number of carbonyl (C=O) groups excluding carboxylic acids is 2. The van der Waals surface area contributed by atoms with E-state index in [1.807, 2.05) is 0 Å². The van der Waals surface area contributed by atoms with Gasteiger partial charge in [0.1, 0.15) is 0 Å². The molecule has 0 aliphatic heterocycles. The summed E-state index contributed by atoms with van der Waals surface area (Å²) < 4.78 is 0. The first-order chi connectivity index (χ1) is 8.01. The summed E-state index contributed by atoms with van der Waals surface area (Å²) in [4.78, 5) is 22.3. The lowest BCUT2D eigenvalue weighted by molar-refractivity contribution is -0.126. The summed E-state index contributed by atoms with van der Waals surface area (Å²) in [5.41, 5.74) is 10.6. The molecule has 0 bridgehead atoms. The minimum Gasteiger partial charge on any atom is -0.370 e. The van der Waals surface area contributed by atoms with Crippen LogP contribution in [0.2, 0.25) is 0 Å². The predicted octanol–water partition coefficient (Wildman–Crippen LogP) is 0.664. The van der Waals surface area contributed by atoms with Crippen molar-refractivity contribution in [3.63, 3.8) is 0 Å². The van der Waals surface area contributed by atoms with Crippen molar-refractivity contribution < 1.29 is 9.59 Å². The first-order valence-corrected chi connectivity index (χ1v) is 6.35. The molecule has 0 aromatic rings. The van der Waals surface area contributed by atoms with E-state index >= 15 is 0 Å². The zero-order chi connectivity index (χ0) is 13.3. The molecule has 5 N–H and O–H groups in total. The Bertz CT molecular complexity index is 244. The van der Waals surface area contributed by atoms with Gasteiger partial charge in [0.05, 0.1) is 12.5 Å². The Balaban J connectivity index is 4.13. The molecule has 0 rings (SSSR count). The van der Waals surface area contributed by atoms with Crippen LogP contribution in [0.25, 0.3) is 0 Å². The van der Waals surface area contributed by atoms with Crippen molar-refractivity contribution in [2.45, 2.75) is 64.5 Å². The Kier molecular flexibility index (Phi) is 8.40. The van der Waals surface area contributed by atoms with Crippen molar-refractivity contribution in [3.05, 3.63) is 0 Å². The number of carbonyl (C=O) groups is 2. The van der Waals surface area contributed by atoms with Gasteiger partial charge in [0, 0.05) is 6.04 Å². The summed E-state index contributed by atoms with van der Waals surface area (Å²) in [6.07, 6.45) is 4.99. The van der Waals surface area contributed by atoms with Gasteiger partial charge in [0.15, 0.2) is 0 Å². The highest BCUT2D eigenvalue weighted by atomic mass is 16.2. The van der Waals surface area contributed by atoms with Crippen LogP contribution in [0, 0.1) is 0 Å². The molecule has 0 aliphatic carbocycles. The van der Waals surface area contributed by atoms with E-state index in [2.05, 4.69) is 19.2 Å². The van der Waals surface area contributed by atoms with Crippen LogP contribution in [0.3, 0.4) is 0 Å². The highest BCUT2D eigenvalue weighted by Crippen LogP contribution is 2.07. The molecule has 100 valence electrons. The summed E-state index contributed by atoms with van der Waals surface area (Å²) in [7, 11) is 0. The number of amides is 2. The molecule has 0 radical (unpaired) electrons. The van der Waals surface area contributed by atoms with E-state index < -0.39 is 11.9 Å².